The first kappa shape index (κ1) is 24.9. The number of carbonyl (C=O) groups excluding carboxylic acids is 1. The number of rotatable bonds is 7. The van der Waals surface area contributed by atoms with E-state index in [-0.39, 0.29) is 17.4 Å². The highest BCUT2D eigenvalue weighted by Gasteiger charge is 2.28. The van der Waals surface area contributed by atoms with Gasteiger partial charge in [0.25, 0.3) is 0 Å². The number of aromatic nitrogens is 4. The van der Waals surface area contributed by atoms with E-state index in [1.165, 1.54) is 5.56 Å². The number of anilines is 3. The average molecular weight is 479 g/mol. The van der Waals surface area contributed by atoms with E-state index in [1.807, 2.05) is 11.6 Å². The summed E-state index contributed by atoms with van der Waals surface area (Å²) in [4.78, 5) is 30.5. The van der Waals surface area contributed by atoms with Crippen LogP contribution in [0.15, 0.2) is 24.5 Å². The number of nitrogens with one attached hydrogen (secondary N) is 1. The summed E-state index contributed by atoms with van der Waals surface area (Å²) in [6.07, 6.45) is 3.48. The maximum atomic E-state index is 11.9. The monoisotopic (exact) mass is 478 g/mol. The summed E-state index contributed by atoms with van der Waals surface area (Å²) in [5.41, 5.74) is 10.7. The zero-order chi connectivity index (χ0) is 25.3. The van der Waals surface area contributed by atoms with Crippen molar-refractivity contribution >= 4 is 34.5 Å². The van der Waals surface area contributed by atoms with Gasteiger partial charge in [-0.2, -0.15) is 9.97 Å². The molecular formula is C26H38N8O. The van der Waals surface area contributed by atoms with Crippen molar-refractivity contribution in [2.75, 3.05) is 36.4 Å². The van der Waals surface area contributed by atoms with Gasteiger partial charge in [0.05, 0.1) is 12.4 Å². The third-order valence-electron chi connectivity index (χ3n) is 6.84. The van der Waals surface area contributed by atoms with E-state index in [0.717, 1.165) is 61.6 Å². The van der Waals surface area contributed by atoms with Gasteiger partial charge in [0.15, 0.2) is 11.5 Å². The molecule has 1 amide bonds. The normalized spacial score (nSPS) is 16.0. The smallest absolute Gasteiger partial charge is 0.234 e. The van der Waals surface area contributed by atoms with Gasteiger partial charge in [-0.1, -0.05) is 46.2 Å². The number of amides is 1. The van der Waals surface area contributed by atoms with Crippen molar-refractivity contribution in [3.8, 4) is 0 Å². The predicted molar refractivity (Wildman–Crippen MR) is 141 cm³/mol. The van der Waals surface area contributed by atoms with Crippen molar-refractivity contribution in [1.82, 2.24) is 24.4 Å². The third-order valence-corrected chi connectivity index (χ3v) is 6.84. The fourth-order valence-electron chi connectivity index (χ4n) is 4.64. The number of hydrogen-bond donors (Lipinski definition) is 2. The number of nitrogens with zero attached hydrogens (tertiary/aromatic N) is 6. The van der Waals surface area contributed by atoms with Crippen LogP contribution in [0, 0.1) is 6.92 Å². The van der Waals surface area contributed by atoms with Crippen LogP contribution < -0.4 is 16.0 Å². The summed E-state index contributed by atoms with van der Waals surface area (Å²) in [5, 5.41) is 3.58. The predicted octanol–water partition coefficient (Wildman–Crippen LogP) is 3.49. The van der Waals surface area contributed by atoms with Gasteiger partial charge in [0, 0.05) is 38.9 Å². The highest BCUT2D eigenvalue weighted by atomic mass is 16.1. The van der Waals surface area contributed by atoms with E-state index in [4.69, 9.17) is 15.7 Å². The minimum Gasteiger partial charge on any atom is -0.368 e. The number of piperazine rings is 1. The van der Waals surface area contributed by atoms with E-state index in [1.54, 1.807) is 6.33 Å². The number of nitrogens with two attached hydrogens (primary N) is 1. The Labute approximate surface area is 207 Å². The van der Waals surface area contributed by atoms with Crippen molar-refractivity contribution in [2.45, 2.75) is 58.9 Å². The van der Waals surface area contributed by atoms with Crippen LogP contribution in [0.3, 0.4) is 0 Å². The van der Waals surface area contributed by atoms with Crippen LogP contribution >= 0.6 is 0 Å². The molecule has 0 saturated carbocycles. The van der Waals surface area contributed by atoms with Crippen molar-refractivity contribution in [3.05, 3.63) is 35.7 Å². The Balaban J connectivity index is 1.63. The summed E-state index contributed by atoms with van der Waals surface area (Å²) < 4.78 is 1.95. The molecule has 1 aromatic carbocycles. The average Bonchev–Trinajstić information content (AvgIpc) is 3.19. The Morgan fingerprint density at radius 2 is 1.89 bits per heavy atom. The Kier molecular flexibility index (Phi) is 6.98. The highest BCUT2D eigenvalue weighted by Crippen LogP contribution is 2.31. The molecule has 0 radical (unpaired) electrons. The lowest BCUT2D eigenvalue weighted by Crippen LogP contribution is -2.54. The van der Waals surface area contributed by atoms with Gasteiger partial charge in [-0.15, -0.1) is 0 Å². The van der Waals surface area contributed by atoms with Gasteiger partial charge in [-0.3, -0.25) is 9.69 Å². The minimum atomic E-state index is -0.245. The van der Waals surface area contributed by atoms with Gasteiger partial charge >= 0.3 is 0 Å². The molecule has 4 rings (SSSR count). The lowest BCUT2D eigenvalue weighted by atomic mass is 9.86. The van der Waals surface area contributed by atoms with Crippen molar-refractivity contribution in [2.24, 2.45) is 12.8 Å². The van der Waals surface area contributed by atoms with Crippen LogP contribution in [0.4, 0.5) is 17.5 Å². The summed E-state index contributed by atoms with van der Waals surface area (Å²) in [7, 11) is 1.96. The second-order valence-electron chi connectivity index (χ2n) is 10.5. The molecule has 0 spiro atoms. The van der Waals surface area contributed by atoms with Crippen LogP contribution in [-0.2, 0) is 17.3 Å². The molecule has 9 heteroatoms. The molecule has 3 N–H and O–H groups in total. The molecule has 188 valence electrons. The van der Waals surface area contributed by atoms with Crippen LogP contribution in [0.5, 0.6) is 0 Å². The number of primary amides is 1. The summed E-state index contributed by atoms with van der Waals surface area (Å²) in [6, 6.07) is 6.33. The lowest BCUT2D eigenvalue weighted by molar-refractivity contribution is -0.123. The van der Waals surface area contributed by atoms with Gasteiger partial charge in [0.2, 0.25) is 11.9 Å². The molecular weight excluding hydrogens is 440 g/mol. The topological polar surface area (TPSA) is 105 Å². The molecule has 1 aliphatic heterocycles. The second kappa shape index (κ2) is 9.81. The zero-order valence-corrected chi connectivity index (χ0v) is 21.8. The number of hydrogen-bond acceptors (Lipinski definition) is 7. The fourth-order valence-corrected chi connectivity index (χ4v) is 4.64. The molecule has 35 heavy (non-hydrogen) atoms. The SMILES string of the molecule is CCCC(C(N)=O)N1CCN(c2nc(Nc3cc(C(C)(C)C)ccc3C)c3c(ncn3C)n2)CC1. The van der Waals surface area contributed by atoms with Crippen LogP contribution in [0.1, 0.15) is 51.7 Å². The Morgan fingerprint density at radius 3 is 2.51 bits per heavy atom. The van der Waals surface area contributed by atoms with Gasteiger partial charge in [-0.05, 0) is 36.0 Å². The number of imidazole rings is 1. The van der Waals surface area contributed by atoms with E-state index in [2.05, 4.69) is 72.9 Å². The molecule has 1 saturated heterocycles. The maximum Gasteiger partial charge on any atom is 0.234 e. The third kappa shape index (κ3) is 5.24. The molecule has 3 heterocycles. The Hall–Kier alpha value is -3.20. The minimum absolute atomic E-state index is 0.0447. The molecule has 1 atom stereocenters. The lowest BCUT2D eigenvalue weighted by Gasteiger charge is -2.38. The molecule has 0 aliphatic carbocycles. The number of benzene rings is 1. The Bertz CT molecular complexity index is 1200. The second-order valence-corrected chi connectivity index (χ2v) is 10.5. The first-order chi connectivity index (χ1) is 16.6. The standard InChI is InChI=1S/C26H38N8O/c1-7-8-20(22(27)35)33-11-13-34(14-12-33)25-30-23-21(32(6)16-28-23)24(31-25)29-19-15-18(26(3,4)5)10-9-17(19)2/h9-10,15-16,20H,7-8,11-14H2,1-6H3,(H2,27,35)(H,29,30,31). The molecule has 1 fully saturated rings. The molecule has 0 bridgehead atoms. The highest BCUT2D eigenvalue weighted by molar-refractivity contribution is 5.87. The van der Waals surface area contributed by atoms with E-state index in [0.29, 0.717) is 11.6 Å². The summed E-state index contributed by atoms with van der Waals surface area (Å²) in [6.45, 7) is 13.8. The molecule has 9 nitrogen and oxygen atoms in total. The Morgan fingerprint density at radius 1 is 1.17 bits per heavy atom. The quantitative estimate of drug-likeness (QED) is 0.535. The van der Waals surface area contributed by atoms with Crippen LogP contribution in [0.2, 0.25) is 0 Å². The molecule has 1 unspecified atom stereocenters. The first-order valence-electron chi connectivity index (χ1n) is 12.4. The molecule has 2 aromatic heterocycles. The molecule has 1 aliphatic rings. The largest absolute Gasteiger partial charge is 0.368 e. The summed E-state index contributed by atoms with van der Waals surface area (Å²) >= 11 is 0. The number of carbonyl (C=O) groups is 1. The van der Waals surface area contributed by atoms with Crippen LogP contribution in [0.25, 0.3) is 11.2 Å². The van der Waals surface area contributed by atoms with E-state index in [9.17, 15) is 4.79 Å². The summed E-state index contributed by atoms with van der Waals surface area (Å²) in [5.74, 6) is 1.14. The molecule has 3 aromatic rings. The number of aryl methyl sites for hydroxylation is 2. The number of fused-ring (bicyclic) bond motifs is 1. The maximum absolute atomic E-state index is 11.9. The zero-order valence-electron chi connectivity index (χ0n) is 21.8. The van der Waals surface area contributed by atoms with Crippen molar-refractivity contribution in [3.63, 3.8) is 0 Å². The van der Waals surface area contributed by atoms with Gasteiger partial charge in [0.1, 0.15) is 5.52 Å². The fraction of sp³-hybridized carbons (Fsp3) is 0.538. The van der Waals surface area contributed by atoms with Crippen LogP contribution in [-0.4, -0.2) is 62.5 Å². The van der Waals surface area contributed by atoms with E-state index >= 15 is 0 Å². The first-order valence-corrected chi connectivity index (χ1v) is 12.4. The van der Waals surface area contributed by atoms with Crippen molar-refractivity contribution < 1.29 is 4.79 Å². The van der Waals surface area contributed by atoms with E-state index < -0.39 is 0 Å². The van der Waals surface area contributed by atoms with Gasteiger partial charge < -0.3 is 20.5 Å². The van der Waals surface area contributed by atoms with Gasteiger partial charge in [-0.25, -0.2) is 4.98 Å². The van der Waals surface area contributed by atoms with Crippen molar-refractivity contribution in [1.29, 1.82) is 0 Å².